The van der Waals surface area contributed by atoms with Gasteiger partial charge < -0.3 is 20.2 Å². The molecule has 0 radical (unpaired) electrons. The third kappa shape index (κ3) is 3.93. The topological polar surface area (TPSA) is 72.9 Å². The summed E-state index contributed by atoms with van der Waals surface area (Å²) >= 11 is 6.03. The molecule has 7 heteroatoms. The molecular weight excluding hydrogens is 330 g/mol. The van der Waals surface area contributed by atoms with Gasteiger partial charge in [0.25, 0.3) is 0 Å². The molecule has 0 bridgehead atoms. The Morgan fingerprint density at radius 3 is 2.79 bits per heavy atom. The van der Waals surface area contributed by atoms with Gasteiger partial charge in [-0.1, -0.05) is 17.7 Å². The minimum absolute atomic E-state index is 0.0710. The molecule has 2 N–H and O–H groups in total. The predicted octanol–water partition coefficient (Wildman–Crippen LogP) is 2.42. The summed E-state index contributed by atoms with van der Waals surface area (Å²) in [5.41, 5.74) is 1.06. The number of carbonyl (C=O) groups is 2. The van der Waals surface area contributed by atoms with Gasteiger partial charge in [-0.2, -0.15) is 0 Å². The van der Waals surface area contributed by atoms with E-state index in [0.29, 0.717) is 24.5 Å². The number of urea groups is 1. The van der Waals surface area contributed by atoms with E-state index >= 15 is 0 Å². The van der Waals surface area contributed by atoms with Crippen LogP contribution in [0.25, 0.3) is 0 Å². The van der Waals surface area contributed by atoms with E-state index in [2.05, 4.69) is 10.2 Å². The number of carbonyl (C=O) groups excluding carboxylic acids is 1. The number of likely N-dealkylation sites (tertiary alicyclic amines) is 1. The second-order valence-corrected chi connectivity index (χ2v) is 6.92. The lowest BCUT2D eigenvalue weighted by Crippen LogP contribution is -2.50. The quantitative estimate of drug-likeness (QED) is 0.877. The van der Waals surface area contributed by atoms with Gasteiger partial charge in [0.2, 0.25) is 0 Å². The highest BCUT2D eigenvalue weighted by molar-refractivity contribution is 6.30. The Balaban J connectivity index is 1.53. The number of nitrogens with zero attached hydrogens (tertiary/aromatic N) is 2. The molecule has 2 fully saturated rings. The number of hydrogen-bond donors (Lipinski definition) is 2. The summed E-state index contributed by atoms with van der Waals surface area (Å²) in [4.78, 5) is 27.4. The molecule has 2 atom stereocenters. The lowest BCUT2D eigenvalue weighted by Gasteiger charge is -2.31. The highest BCUT2D eigenvalue weighted by Gasteiger charge is 2.30. The zero-order valence-electron chi connectivity index (χ0n) is 13.4. The van der Waals surface area contributed by atoms with Crippen LogP contribution in [-0.4, -0.2) is 54.2 Å². The summed E-state index contributed by atoms with van der Waals surface area (Å²) in [6.45, 7) is 2.53. The third-order valence-corrected chi connectivity index (χ3v) is 4.98. The molecule has 3 rings (SSSR count). The average molecular weight is 352 g/mol. The van der Waals surface area contributed by atoms with Crippen molar-refractivity contribution < 1.29 is 14.7 Å². The van der Waals surface area contributed by atoms with Crippen molar-refractivity contribution in [1.29, 1.82) is 0 Å². The van der Waals surface area contributed by atoms with E-state index in [9.17, 15) is 9.59 Å². The molecule has 2 aliphatic heterocycles. The van der Waals surface area contributed by atoms with Gasteiger partial charge in [-0.05, 0) is 37.5 Å². The molecule has 0 aromatic heterocycles. The minimum Gasteiger partial charge on any atom is -0.481 e. The van der Waals surface area contributed by atoms with E-state index < -0.39 is 11.9 Å². The first-order valence-corrected chi connectivity index (χ1v) is 8.69. The zero-order chi connectivity index (χ0) is 17.1. The zero-order valence-corrected chi connectivity index (χ0v) is 14.2. The van der Waals surface area contributed by atoms with Crippen LogP contribution in [0, 0.1) is 5.92 Å². The first-order valence-electron chi connectivity index (χ1n) is 8.31. The third-order valence-electron chi connectivity index (χ3n) is 4.75. The summed E-state index contributed by atoms with van der Waals surface area (Å²) in [5, 5.41) is 12.9. The number of halogens is 1. The van der Waals surface area contributed by atoms with Gasteiger partial charge in [-0.15, -0.1) is 0 Å². The smallest absolute Gasteiger partial charge is 0.317 e. The van der Waals surface area contributed by atoms with Crippen LogP contribution < -0.4 is 10.2 Å². The van der Waals surface area contributed by atoms with Crippen molar-refractivity contribution in [2.75, 3.05) is 31.1 Å². The van der Waals surface area contributed by atoms with Crippen LogP contribution in [0.2, 0.25) is 5.02 Å². The normalized spacial score (nSPS) is 24.0. The van der Waals surface area contributed by atoms with Gasteiger partial charge in [0.05, 0.1) is 5.92 Å². The maximum absolute atomic E-state index is 12.4. The second-order valence-electron chi connectivity index (χ2n) is 6.48. The van der Waals surface area contributed by atoms with Crippen LogP contribution in [0.3, 0.4) is 0 Å². The summed E-state index contributed by atoms with van der Waals surface area (Å²) in [5.74, 6) is -1.27. The molecule has 2 saturated heterocycles. The fourth-order valence-corrected chi connectivity index (χ4v) is 3.60. The average Bonchev–Trinajstić information content (AvgIpc) is 3.03. The molecule has 0 saturated carbocycles. The summed E-state index contributed by atoms with van der Waals surface area (Å²) in [6.07, 6.45) is 2.25. The van der Waals surface area contributed by atoms with E-state index in [-0.39, 0.29) is 12.1 Å². The van der Waals surface area contributed by atoms with Crippen molar-refractivity contribution >= 4 is 29.3 Å². The Kier molecular flexibility index (Phi) is 5.14. The fourth-order valence-electron chi connectivity index (χ4n) is 3.41. The van der Waals surface area contributed by atoms with E-state index in [4.69, 9.17) is 16.7 Å². The van der Waals surface area contributed by atoms with Crippen molar-refractivity contribution in [1.82, 2.24) is 10.2 Å². The van der Waals surface area contributed by atoms with E-state index in [1.165, 1.54) is 0 Å². The van der Waals surface area contributed by atoms with Gasteiger partial charge in [0.1, 0.15) is 0 Å². The molecular formula is C17H22ClN3O3. The Hall–Kier alpha value is -1.95. The van der Waals surface area contributed by atoms with Crippen LogP contribution >= 0.6 is 11.6 Å². The van der Waals surface area contributed by atoms with Crippen LogP contribution in [-0.2, 0) is 4.79 Å². The number of hydrogen-bond acceptors (Lipinski definition) is 3. The number of carboxylic acids is 1. The molecule has 2 amide bonds. The first kappa shape index (κ1) is 16.9. The molecule has 24 heavy (non-hydrogen) atoms. The minimum atomic E-state index is -0.819. The molecule has 2 heterocycles. The number of aliphatic carboxylic acids is 1. The van der Waals surface area contributed by atoms with E-state index in [1.54, 1.807) is 4.90 Å². The summed E-state index contributed by atoms with van der Waals surface area (Å²) < 4.78 is 0. The lowest BCUT2D eigenvalue weighted by atomic mass is 9.99. The number of nitrogens with one attached hydrogen (secondary N) is 1. The SMILES string of the molecule is O=C(O)C1CCCN(C(=O)NC2CCN(c3cccc(Cl)c3)C2)C1. The van der Waals surface area contributed by atoms with Crippen LogP contribution in [0.15, 0.2) is 24.3 Å². The number of amides is 2. The summed E-state index contributed by atoms with van der Waals surface area (Å²) in [6, 6.07) is 7.62. The predicted molar refractivity (Wildman–Crippen MR) is 92.5 cm³/mol. The van der Waals surface area contributed by atoms with Gasteiger partial charge in [-0.25, -0.2) is 4.79 Å². The molecule has 1 aromatic rings. The standard InChI is InChI=1S/C17H22ClN3O3/c18-13-4-1-5-15(9-13)20-8-6-14(11-20)19-17(24)21-7-2-3-12(10-21)16(22)23/h1,4-5,9,12,14H,2-3,6-8,10-11H2,(H,19,24)(H,22,23). The Bertz CT molecular complexity index is 625. The maximum atomic E-state index is 12.4. The van der Waals surface area contributed by atoms with Crippen molar-refractivity contribution in [3.05, 3.63) is 29.3 Å². The molecule has 130 valence electrons. The summed E-state index contributed by atoms with van der Waals surface area (Å²) in [7, 11) is 0. The number of rotatable bonds is 3. The largest absolute Gasteiger partial charge is 0.481 e. The van der Waals surface area contributed by atoms with Crippen molar-refractivity contribution in [3.8, 4) is 0 Å². The second kappa shape index (κ2) is 7.30. The van der Waals surface area contributed by atoms with Gasteiger partial charge in [0, 0.05) is 42.9 Å². The Morgan fingerprint density at radius 2 is 2.04 bits per heavy atom. The number of piperidine rings is 1. The first-order chi connectivity index (χ1) is 11.5. The highest BCUT2D eigenvalue weighted by atomic mass is 35.5. The van der Waals surface area contributed by atoms with Crippen LogP contribution in [0.4, 0.5) is 10.5 Å². The Morgan fingerprint density at radius 1 is 1.21 bits per heavy atom. The number of carboxylic acid groups (broad SMARTS) is 1. The molecule has 2 unspecified atom stereocenters. The Labute approximate surface area is 146 Å². The van der Waals surface area contributed by atoms with Crippen LogP contribution in [0.5, 0.6) is 0 Å². The van der Waals surface area contributed by atoms with Crippen LogP contribution in [0.1, 0.15) is 19.3 Å². The fraction of sp³-hybridized carbons (Fsp3) is 0.529. The molecule has 6 nitrogen and oxygen atoms in total. The van der Waals surface area contributed by atoms with Gasteiger partial charge >= 0.3 is 12.0 Å². The van der Waals surface area contributed by atoms with Gasteiger partial charge in [0.15, 0.2) is 0 Å². The van der Waals surface area contributed by atoms with Crippen molar-refractivity contribution in [3.63, 3.8) is 0 Å². The maximum Gasteiger partial charge on any atom is 0.317 e. The molecule has 0 spiro atoms. The van der Waals surface area contributed by atoms with Crippen molar-refractivity contribution in [2.24, 2.45) is 5.92 Å². The monoisotopic (exact) mass is 351 g/mol. The number of anilines is 1. The lowest BCUT2D eigenvalue weighted by molar-refractivity contribution is -0.143. The number of benzene rings is 1. The highest BCUT2D eigenvalue weighted by Crippen LogP contribution is 2.24. The molecule has 2 aliphatic rings. The molecule has 0 aliphatic carbocycles. The molecule has 1 aromatic carbocycles. The van der Waals surface area contributed by atoms with E-state index in [1.807, 2.05) is 24.3 Å². The van der Waals surface area contributed by atoms with Gasteiger partial charge in [-0.3, -0.25) is 4.79 Å². The van der Waals surface area contributed by atoms with E-state index in [0.717, 1.165) is 31.6 Å². The van der Waals surface area contributed by atoms with Crippen molar-refractivity contribution in [2.45, 2.75) is 25.3 Å².